The molecule has 0 amide bonds. The van der Waals surface area contributed by atoms with E-state index >= 15 is 0 Å². The minimum absolute atomic E-state index is 0.659. The SMILES string of the molecule is CCCN1CCN(c2ccnc(NC3=C(C)c4cc5c(cc4C3)OCC=C5)c2)CC1. The van der Waals surface area contributed by atoms with Crippen LogP contribution < -0.4 is 15.0 Å². The lowest BCUT2D eigenvalue weighted by Crippen LogP contribution is -2.46. The zero-order valence-corrected chi connectivity index (χ0v) is 17.9. The summed E-state index contributed by atoms with van der Waals surface area (Å²) in [5.41, 5.74) is 7.59. The van der Waals surface area contributed by atoms with Gasteiger partial charge in [-0.05, 0) is 60.9 Å². The predicted octanol–water partition coefficient (Wildman–Crippen LogP) is 4.42. The van der Waals surface area contributed by atoms with Crippen LogP contribution in [0.5, 0.6) is 5.75 Å². The van der Waals surface area contributed by atoms with Crippen LogP contribution in [0.3, 0.4) is 0 Å². The Bertz CT molecular complexity index is 1000. The quantitative estimate of drug-likeness (QED) is 0.802. The van der Waals surface area contributed by atoms with Crippen LogP contribution in [-0.2, 0) is 6.42 Å². The number of rotatable bonds is 5. The number of ether oxygens (including phenoxy) is 1. The Labute approximate surface area is 179 Å². The molecule has 1 fully saturated rings. The summed E-state index contributed by atoms with van der Waals surface area (Å²) in [6.07, 6.45) is 8.27. The van der Waals surface area contributed by atoms with Crippen molar-refractivity contribution in [2.24, 2.45) is 0 Å². The van der Waals surface area contributed by atoms with E-state index in [2.05, 4.69) is 70.4 Å². The van der Waals surface area contributed by atoms with Gasteiger partial charge in [-0.2, -0.15) is 0 Å². The van der Waals surface area contributed by atoms with E-state index in [0.29, 0.717) is 6.61 Å². The molecule has 0 radical (unpaired) electrons. The fourth-order valence-electron chi connectivity index (χ4n) is 4.71. The maximum Gasteiger partial charge on any atom is 0.132 e. The second-order valence-electron chi connectivity index (χ2n) is 8.39. The molecular formula is C25H30N4O. The van der Waals surface area contributed by atoms with Crippen molar-refractivity contribution in [2.75, 3.05) is 49.5 Å². The highest BCUT2D eigenvalue weighted by atomic mass is 16.5. The predicted molar refractivity (Wildman–Crippen MR) is 124 cm³/mol. The van der Waals surface area contributed by atoms with E-state index in [4.69, 9.17) is 4.74 Å². The van der Waals surface area contributed by atoms with Gasteiger partial charge in [0.05, 0.1) is 0 Å². The van der Waals surface area contributed by atoms with Crippen LogP contribution in [0.4, 0.5) is 11.5 Å². The number of allylic oxidation sites excluding steroid dienone is 2. The zero-order valence-electron chi connectivity index (χ0n) is 17.9. The summed E-state index contributed by atoms with van der Waals surface area (Å²) in [7, 11) is 0. The van der Waals surface area contributed by atoms with Crippen LogP contribution in [-0.4, -0.2) is 49.2 Å². The van der Waals surface area contributed by atoms with Crippen LogP contribution in [0.25, 0.3) is 11.6 Å². The van der Waals surface area contributed by atoms with Gasteiger partial charge in [-0.25, -0.2) is 4.98 Å². The standard InChI is InChI=1S/C25H30N4O/c1-3-8-28-9-11-29(12-10-28)21-6-7-26-25(17-21)27-23-15-20-16-24-19(5-4-13-30-24)14-22(20)18(23)2/h4-7,14,16-17H,3,8-13,15H2,1-2H3,(H,26,27). The van der Waals surface area contributed by atoms with Crippen LogP contribution in [0.15, 0.2) is 42.2 Å². The monoisotopic (exact) mass is 402 g/mol. The van der Waals surface area contributed by atoms with Gasteiger partial charge in [-0.15, -0.1) is 0 Å². The Morgan fingerprint density at radius 2 is 2.00 bits per heavy atom. The van der Waals surface area contributed by atoms with E-state index in [0.717, 1.165) is 44.2 Å². The fourth-order valence-corrected chi connectivity index (χ4v) is 4.71. The van der Waals surface area contributed by atoms with Gasteiger partial charge >= 0.3 is 0 Å². The first-order valence-corrected chi connectivity index (χ1v) is 11.1. The molecule has 0 bridgehead atoms. The smallest absolute Gasteiger partial charge is 0.132 e. The first kappa shape index (κ1) is 19.2. The summed E-state index contributed by atoms with van der Waals surface area (Å²) >= 11 is 0. The average Bonchev–Trinajstić information content (AvgIpc) is 3.07. The van der Waals surface area contributed by atoms with Gasteiger partial charge in [0.2, 0.25) is 0 Å². The molecule has 0 saturated carbocycles. The van der Waals surface area contributed by atoms with Crippen molar-refractivity contribution in [1.29, 1.82) is 0 Å². The van der Waals surface area contributed by atoms with Gasteiger partial charge in [0.1, 0.15) is 18.2 Å². The summed E-state index contributed by atoms with van der Waals surface area (Å²) in [5, 5.41) is 3.61. The maximum atomic E-state index is 5.80. The van der Waals surface area contributed by atoms with Gasteiger partial charge in [0.25, 0.3) is 0 Å². The van der Waals surface area contributed by atoms with E-state index in [1.54, 1.807) is 0 Å². The number of fused-ring (bicyclic) bond motifs is 2. The minimum atomic E-state index is 0.659. The van der Waals surface area contributed by atoms with Crippen molar-refractivity contribution in [3.05, 3.63) is 58.9 Å². The Morgan fingerprint density at radius 3 is 2.83 bits per heavy atom. The van der Waals surface area contributed by atoms with Crippen LogP contribution in [0, 0.1) is 0 Å². The highest BCUT2D eigenvalue weighted by molar-refractivity contribution is 5.81. The maximum absolute atomic E-state index is 5.80. The lowest BCUT2D eigenvalue weighted by Gasteiger charge is -2.36. The highest BCUT2D eigenvalue weighted by Crippen LogP contribution is 2.38. The first-order chi connectivity index (χ1) is 14.7. The molecule has 3 heterocycles. The second-order valence-corrected chi connectivity index (χ2v) is 8.39. The third kappa shape index (κ3) is 3.70. The molecule has 2 aliphatic heterocycles. The molecule has 156 valence electrons. The van der Waals surface area contributed by atoms with Gasteiger partial charge in [-0.3, -0.25) is 4.90 Å². The normalized spacial score (nSPS) is 18.3. The fraction of sp³-hybridized carbons (Fsp3) is 0.400. The number of nitrogens with one attached hydrogen (secondary N) is 1. The van der Waals surface area contributed by atoms with Crippen LogP contribution >= 0.6 is 0 Å². The molecule has 5 rings (SSSR count). The third-order valence-corrected chi connectivity index (χ3v) is 6.39. The van der Waals surface area contributed by atoms with E-state index in [1.165, 1.54) is 46.6 Å². The molecule has 0 unspecified atom stereocenters. The van der Waals surface area contributed by atoms with E-state index in [9.17, 15) is 0 Å². The van der Waals surface area contributed by atoms with Gasteiger partial charge in [-0.1, -0.05) is 13.0 Å². The van der Waals surface area contributed by atoms with Crippen molar-refractivity contribution in [3.8, 4) is 5.75 Å². The van der Waals surface area contributed by atoms with Crippen molar-refractivity contribution in [2.45, 2.75) is 26.7 Å². The van der Waals surface area contributed by atoms with Crippen molar-refractivity contribution in [3.63, 3.8) is 0 Å². The van der Waals surface area contributed by atoms with Gasteiger partial charge in [0.15, 0.2) is 0 Å². The molecule has 0 spiro atoms. The van der Waals surface area contributed by atoms with Crippen molar-refractivity contribution < 1.29 is 4.74 Å². The largest absolute Gasteiger partial charge is 0.489 e. The average molecular weight is 403 g/mol. The summed E-state index contributed by atoms with van der Waals surface area (Å²) in [4.78, 5) is 9.63. The number of aromatic nitrogens is 1. The summed E-state index contributed by atoms with van der Waals surface area (Å²) < 4.78 is 5.80. The molecule has 30 heavy (non-hydrogen) atoms. The number of piperazine rings is 1. The Morgan fingerprint density at radius 1 is 1.13 bits per heavy atom. The zero-order chi connectivity index (χ0) is 20.5. The Balaban J connectivity index is 1.31. The van der Waals surface area contributed by atoms with E-state index in [-0.39, 0.29) is 0 Å². The second kappa shape index (κ2) is 8.15. The van der Waals surface area contributed by atoms with Gasteiger partial charge < -0.3 is 15.0 Å². The molecule has 1 N–H and O–H groups in total. The number of benzene rings is 1. The molecule has 1 aliphatic carbocycles. The Kier molecular flexibility index (Phi) is 5.21. The molecular weight excluding hydrogens is 372 g/mol. The highest BCUT2D eigenvalue weighted by Gasteiger charge is 2.22. The van der Waals surface area contributed by atoms with Crippen molar-refractivity contribution in [1.82, 2.24) is 9.88 Å². The summed E-state index contributed by atoms with van der Waals surface area (Å²) in [5.74, 6) is 1.92. The molecule has 5 heteroatoms. The number of hydrogen-bond donors (Lipinski definition) is 1. The lowest BCUT2D eigenvalue weighted by atomic mass is 10.0. The molecule has 3 aliphatic rings. The lowest BCUT2D eigenvalue weighted by molar-refractivity contribution is 0.258. The van der Waals surface area contributed by atoms with Crippen LogP contribution in [0.1, 0.15) is 37.0 Å². The molecule has 1 aromatic carbocycles. The molecule has 2 aromatic rings. The number of anilines is 2. The minimum Gasteiger partial charge on any atom is -0.489 e. The number of nitrogens with zero attached hydrogens (tertiary/aromatic N) is 3. The molecule has 1 aromatic heterocycles. The summed E-state index contributed by atoms with van der Waals surface area (Å²) in [6, 6.07) is 8.77. The molecule has 1 saturated heterocycles. The van der Waals surface area contributed by atoms with E-state index in [1.807, 2.05) is 6.20 Å². The number of pyridine rings is 1. The first-order valence-electron chi connectivity index (χ1n) is 11.1. The number of hydrogen-bond acceptors (Lipinski definition) is 5. The third-order valence-electron chi connectivity index (χ3n) is 6.39. The Hall–Kier alpha value is -2.79. The molecule has 5 nitrogen and oxygen atoms in total. The van der Waals surface area contributed by atoms with E-state index < -0.39 is 0 Å². The topological polar surface area (TPSA) is 40.6 Å². The molecule has 0 atom stereocenters. The van der Waals surface area contributed by atoms with Crippen molar-refractivity contribution >= 4 is 23.2 Å². The summed E-state index contributed by atoms with van der Waals surface area (Å²) in [6.45, 7) is 10.8. The van der Waals surface area contributed by atoms with Gasteiger partial charge in [0, 0.05) is 61.8 Å². The van der Waals surface area contributed by atoms with Crippen LogP contribution in [0.2, 0.25) is 0 Å².